The van der Waals surface area contributed by atoms with Crippen molar-refractivity contribution in [2.75, 3.05) is 7.11 Å². The molecule has 94 valence electrons. The summed E-state index contributed by atoms with van der Waals surface area (Å²) in [5.74, 6) is -0.577. The minimum atomic E-state index is -3.61. The van der Waals surface area contributed by atoms with Crippen molar-refractivity contribution in [3.63, 3.8) is 0 Å². The van der Waals surface area contributed by atoms with Gasteiger partial charge in [-0.05, 0) is 18.1 Å². The van der Waals surface area contributed by atoms with E-state index < -0.39 is 21.2 Å². The number of benzene rings is 1. The van der Waals surface area contributed by atoms with Crippen LogP contribution in [0.15, 0.2) is 24.3 Å². The van der Waals surface area contributed by atoms with Gasteiger partial charge in [-0.25, -0.2) is 13.6 Å². The van der Waals surface area contributed by atoms with E-state index in [1.54, 1.807) is 0 Å². The molecule has 0 aromatic rings. The fourth-order valence-electron chi connectivity index (χ4n) is 1.10. The van der Waals surface area contributed by atoms with Crippen molar-refractivity contribution in [2.24, 2.45) is 5.14 Å². The van der Waals surface area contributed by atoms with Crippen molar-refractivity contribution < 1.29 is 17.9 Å². The zero-order valence-electron chi connectivity index (χ0n) is 9.71. The highest BCUT2D eigenvalue weighted by atomic mass is 32.2. The van der Waals surface area contributed by atoms with Gasteiger partial charge in [0.1, 0.15) is 0 Å². The third kappa shape index (κ3) is 3.83. The van der Waals surface area contributed by atoms with Gasteiger partial charge >= 0.3 is 5.97 Å². The number of primary sulfonamides is 1. The molecule has 0 aromatic heterocycles. The second-order valence-electron chi connectivity index (χ2n) is 3.76. The van der Waals surface area contributed by atoms with Crippen LogP contribution in [0.1, 0.15) is 13.3 Å². The predicted molar refractivity (Wildman–Crippen MR) is 64.6 cm³/mol. The van der Waals surface area contributed by atoms with Crippen molar-refractivity contribution in [1.82, 2.24) is 0 Å². The fourth-order valence-corrected chi connectivity index (χ4v) is 1.47. The third-order valence-electron chi connectivity index (χ3n) is 2.46. The summed E-state index contributed by atoms with van der Waals surface area (Å²) in [6.45, 7) is 1.35. The molecule has 0 aliphatic heterocycles. The molecule has 2 N–H and O–H groups in total. The van der Waals surface area contributed by atoms with Crippen molar-refractivity contribution in [2.45, 2.75) is 18.6 Å². The van der Waals surface area contributed by atoms with Crippen LogP contribution in [0, 0.1) is 0 Å². The molecule has 0 heterocycles. The molecule has 0 amide bonds. The number of carbonyl (C=O) groups is 1. The van der Waals surface area contributed by atoms with Crippen LogP contribution in [-0.4, -0.2) is 26.7 Å². The van der Waals surface area contributed by atoms with Gasteiger partial charge in [0.2, 0.25) is 10.0 Å². The molecule has 1 unspecified atom stereocenters. The Bertz CT molecular complexity index is 472. The van der Waals surface area contributed by atoms with Gasteiger partial charge in [-0.1, -0.05) is 24.3 Å². The van der Waals surface area contributed by atoms with Crippen molar-refractivity contribution in [3.05, 3.63) is 24.3 Å². The molecule has 0 bridgehead atoms. The molecule has 0 radical (unpaired) electrons. The summed E-state index contributed by atoms with van der Waals surface area (Å²) in [5.41, 5.74) is 2.85. The Morgan fingerprint density at radius 1 is 1.29 bits per heavy atom. The Morgan fingerprint density at radius 3 is 1.88 bits per heavy atom. The van der Waals surface area contributed by atoms with E-state index in [0.717, 1.165) is 0 Å². The number of nitrogens with two attached hydrogens (primary N) is 1. The first-order valence-electron chi connectivity index (χ1n) is 5.03. The maximum absolute atomic E-state index is 10.6. The molecule has 0 saturated heterocycles. The normalized spacial score (nSPS) is 13.1. The molecule has 0 spiro atoms. The van der Waals surface area contributed by atoms with E-state index in [4.69, 9.17) is 5.14 Å². The summed E-state index contributed by atoms with van der Waals surface area (Å²) in [6.07, 6.45) is -0.199. The molecule has 0 aromatic carbocycles. The maximum atomic E-state index is 10.6. The number of hydrogen-bond acceptors (Lipinski definition) is 4. The Hall–Kier alpha value is -1.40. The van der Waals surface area contributed by atoms with Crippen LogP contribution in [0.2, 0.25) is 0 Å². The van der Waals surface area contributed by atoms with Gasteiger partial charge in [0.05, 0.1) is 18.8 Å². The SMILES string of the molecule is COC(=O)CC(C)S(N)(=O)=O.c1cc2ccc1-2. The van der Waals surface area contributed by atoms with Gasteiger partial charge in [-0.3, -0.25) is 4.79 Å². The van der Waals surface area contributed by atoms with Crippen LogP contribution in [-0.2, 0) is 19.6 Å². The number of hydrogen-bond donors (Lipinski definition) is 1. The number of esters is 1. The predicted octanol–water partition coefficient (Wildman–Crippen LogP) is 0.894. The molecule has 0 saturated carbocycles. The lowest BCUT2D eigenvalue weighted by atomic mass is 9.95. The smallest absolute Gasteiger partial charge is 0.306 e. The summed E-state index contributed by atoms with van der Waals surface area (Å²) >= 11 is 0. The number of sulfonamides is 1. The summed E-state index contributed by atoms with van der Waals surface area (Å²) in [4.78, 5) is 10.5. The van der Waals surface area contributed by atoms with Gasteiger partial charge in [0.25, 0.3) is 0 Å². The second kappa shape index (κ2) is 5.29. The summed E-state index contributed by atoms with van der Waals surface area (Å²) in [6, 6.07) is 8.48. The quantitative estimate of drug-likeness (QED) is 0.827. The second-order valence-corrected chi connectivity index (χ2v) is 5.74. The lowest BCUT2D eigenvalue weighted by Crippen LogP contribution is -2.28. The Balaban J connectivity index is 0.000000196. The lowest BCUT2D eigenvalue weighted by molar-refractivity contribution is -0.140. The molecule has 5 nitrogen and oxygen atoms in total. The number of carbonyl (C=O) groups excluding carboxylic acids is 1. The van der Waals surface area contributed by atoms with E-state index in [1.165, 1.54) is 25.2 Å². The molecular weight excluding hydrogens is 242 g/mol. The van der Waals surface area contributed by atoms with E-state index in [1.807, 2.05) is 0 Å². The first kappa shape index (κ1) is 13.7. The minimum absolute atomic E-state index is 0.199. The Labute approximate surface area is 101 Å². The zero-order chi connectivity index (χ0) is 13.1. The number of rotatable bonds is 3. The standard InChI is InChI=1S/C6H4.C5H11NO4S/c1-2-6-4-3-5(1)6;1-4(11(6,8)9)3-5(7)10-2/h1-4H;4H,3H2,1-2H3,(H2,6,8,9). The first-order chi connectivity index (χ1) is 7.84. The van der Waals surface area contributed by atoms with Gasteiger partial charge in [0.15, 0.2) is 0 Å². The van der Waals surface area contributed by atoms with Crippen LogP contribution in [0.4, 0.5) is 0 Å². The Kier molecular flexibility index (Phi) is 4.25. The van der Waals surface area contributed by atoms with Gasteiger partial charge < -0.3 is 4.74 Å². The highest BCUT2D eigenvalue weighted by molar-refractivity contribution is 7.89. The van der Waals surface area contributed by atoms with Crippen LogP contribution in [0.3, 0.4) is 0 Å². The van der Waals surface area contributed by atoms with E-state index in [-0.39, 0.29) is 6.42 Å². The van der Waals surface area contributed by atoms with E-state index >= 15 is 0 Å². The number of fused-ring (bicyclic) bond motifs is 1. The molecular formula is C11H15NO4S. The molecule has 2 rings (SSSR count). The van der Waals surface area contributed by atoms with Crippen molar-refractivity contribution >= 4 is 16.0 Å². The average molecular weight is 257 g/mol. The highest BCUT2D eigenvalue weighted by Crippen LogP contribution is 2.29. The molecule has 0 fully saturated rings. The Morgan fingerprint density at radius 2 is 1.71 bits per heavy atom. The van der Waals surface area contributed by atoms with Crippen LogP contribution in [0.5, 0.6) is 0 Å². The first-order valence-corrected chi connectivity index (χ1v) is 6.64. The number of ether oxygens (including phenoxy) is 1. The summed E-state index contributed by atoms with van der Waals surface area (Å²) < 4.78 is 25.4. The van der Waals surface area contributed by atoms with Gasteiger partial charge in [-0.2, -0.15) is 0 Å². The van der Waals surface area contributed by atoms with Gasteiger partial charge in [0, 0.05) is 0 Å². The van der Waals surface area contributed by atoms with E-state index in [2.05, 4.69) is 29.0 Å². The van der Waals surface area contributed by atoms with E-state index in [0.29, 0.717) is 0 Å². The van der Waals surface area contributed by atoms with Crippen LogP contribution >= 0.6 is 0 Å². The molecule has 6 heteroatoms. The van der Waals surface area contributed by atoms with Crippen LogP contribution in [0.25, 0.3) is 11.1 Å². The average Bonchev–Trinajstić information content (AvgIpc) is 2.22. The molecule has 2 aliphatic carbocycles. The third-order valence-corrected chi connectivity index (χ3v) is 3.75. The zero-order valence-corrected chi connectivity index (χ0v) is 10.5. The molecule has 1 atom stereocenters. The summed E-state index contributed by atoms with van der Waals surface area (Å²) in [5, 5.41) is 3.87. The van der Waals surface area contributed by atoms with Crippen molar-refractivity contribution in [1.29, 1.82) is 0 Å². The topological polar surface area (TPSA) is 86.5 Å². The monoisotopic (exact) mass is 257 g/mol. The van der Waals surface area contributed by atoms with E-state index in [9.17, 15) is 13.2 Å². The largest absolute Gasteiger partial charge is 0.469 e. The fraction of sp³-hybridized carbons (Fsp3) is 0.364. The molecule has 2 aliphatic rings. The minimum Gasteiger partial charge on any atom is -0.469 e. The maximum Gasteiger partial charge on any atom is 0.306 e. The van der Waals surface area contributed by atoms with Crippen LogP contribution < -0.4 is 5.14 Å². The lowest BCUT2D eigenvalue weighted by Gasteiger charge is -2.10. The van der Waals surface area contributed by atoms with Crippen molar-refractivity contribution in [3.8, 4) is 11.1 Å². The van der Waals surface area contributed by atoms with Gasteiger partial charge in [-0.15, -0.1) is 0 Å². The summed E-state index contributed by atoms with van der Waals surface area (Å²) in [7, 11) is -2.42. The highest BCUT2D eigenvalue weighted by Gasteiger charge is 2.19. The molecule has 17 heavy (non-hydrogen) atoms. The number of methoxy groups -OCH3 is 1.